The van der Waals surface area contributed by atoms with Gasteiger partial charge >= 0.3 is 0 Å². The van der Waals surface area contributed by atoms with Crippen LogP contribution in [0.1, 0.15) is 23.0 Å². The Labute approximate surface area is 168 Å². The van der Waals surface area contributed by atoms with Gasteiger partial charge in [0.2, 0.25) is 0 Å². The Balaban J connectivity index is 1.67. The van der Waals surface area contributed by atoms with E-state index < -0.39 is 5.91 Å². The van der Waals surface area contributed by atoms with E-state index in [0.717, 1.165) is 11.3 Å². The third-order valence-corrected chi connectivity index (χ3v) is 4.09. The number of nitrogens with zero attached hydrogens (tertiary/aromatic N) is 2. The average molecular weight is 394 g/mol. The average Bonchev–Trinajstić information content (AvgIpc) is 3.24. The molecular formula is C21H22N4O4. The number of methoxy groups -OCH3 is 2. The zero-order valence-electron chi connectivity index (χ0n) is 16.4. The topological polar surface area (TPSA) is 97.8 Å². The van der Waals surface area contributed by atoms with Crippen LogP contribution in [0.3, 0.4) is 0 Å². The minimum Gasteiger partial charge on any atom is -0.494 e. The predicted molar refractivity (Wildman–Crippen MR) is 110 cm³/mol. The third kappa shape index (κ3) is 4.73. The lowest BCUT2D eigenvalue weighted by Crippen LogP contribution is -2.18. The van der Waals surface area contributed by atoms with E-state index in [2.05, 4.69) is 20.7 Å². The van der Waals surface area contributed by atoms with Crippen molar-refractivity contribution in [1.29, 1.82) is 0 Å². The normalized spacial score (nSPS) is 10.7. The van der Waals surface area contributed by atoms with Gasteiger partial charge in [-0.05, 0) is 49.4 Å². The van der Waals surface area contributed by atoms with Crippen LogP contribution >= 0.6 is 0 Å². The summed E-state index contributed by atoms with van der Waals surface area (Å²) in [5.74, 6) is 1.49. The number of ether oxygens (including phenoxy) is 3. The molecule has 8 heteroatoms. The lowest BCUT2D eigenvalue weighted by Gasteiger charge is -2.09. The molecule has 0 saturated heterocycles. The summed E-state index contributed by atoms with van der Waals surface area (Å²) in [4.78, 5) is 12.3. The highest BCUT2D eigenvalue weighted by molar-refractivity contribution is 5.94. The maximum absolute atomic E-state index is 12.3. The van der Waals surface area contributed by atoms with Crippen molar-refractivity contribution in [1.82, 2.24) is 15.6 Å². The summed E-state index contributed by atoms with van der Waals surface area (Å²) in [7, 11) is 3.10. The number of carbonyl (C=O) groups is 1. The Kier molecular flexibility index (Phi) is 6.47. The van der Waals surface area contributed by atoms with Gasteiger partial charge in [-0.3, -0.25) is 9.89 Å². The van der Waals surface area contributed by atoms with Crippen molar-refractivity contribution < 1.29 is 19.0 Å². The molecule has 0 aliphatic carbocycles. The number of hydrazone groups is 1. The number of rotatable bonds is 8. The summed E-state index contributed by atoms with van der Waals surface area (Å²) >= 11 is 0. The number of hydrogen-bond acceptors (Lipinski definition) is 6. The maximum atomic E-state index is 12.3. The lowest BCUT2D eigenvalue weighted by atomic mass is 10.1. The zero-order chi connectivity index (χ0) is 20.6. The van der Waals surface area contributed by atoms with Crippen LogP contribution in [0.2, 0.25) is 0 Å². The van der Waals surface area contributed by atoms with E-state index >= 15 is 0 Å². The van der Waals surface area contributed by atoms with Gasteiger partial charge in [-0.2, -0.15) is 10.2 Å². The highest BCUT2D eigenvalue weighted by Gasteiger charge is 2.11. The molecule has 0 aliphatic heterocycles. The molecule has 3 rings (SSSR count). The lowest BCUT2D eigenvalue weighted by molar-refractivity contribution is 0.0950. The molecule has 3 aromatic rings. The first-order valence-corrected chi connectivity index (χ1v) is 8.99. The minimum atomic E-state index is -0.409. The van der Waals surface area contributed by atoms with Gasteiger partial charge in [0, 0.05) is 11.1 Å². The number of aromatic amines is 1. The molecule has 1 aromatic heterocycles. The van der Waals surface area contributed by atoms with Crippen LogP contribution in [0.25, 0.3) is 11.3 Å². The fourth-order valence-electron chi connectivity index (χ4n) is 2.71. The summed E-state index contributed by atoms with van der Waals surface area (Å²) < 4.78 is 16.0. The summed E-state index contributed by atoms with van der Waals surface area (Å²) in [6.07, 6.45) is 1.49. The number of amides is 1. The number of hydrogen-bond donors (Lipinski definition) is 2. The van der Waals surface area contributed by atoms with Gasteiger partial charge in [0.1, 0.15) is 11.4 Å². The summed E-state index contributed by atoms with van der Waals surface area (Å²) in [6, 6.07) is 14.5. The van der Waals surface area contributed by atoms with Crippen LogP contribution in [0.4, 0.5) is 0 Å². The van der Waals surface area contributed by atoms with Crippen molar-refractivity contribution in [2.24, 2.45) is 5.10 Å². The Morgan fingerprint density at radius 2 is 1.97 bits per heavy atom. The molecule has 0 fully saturated rings. The van der Waals surface area contributed by atoms with E-state index in [-0.39, 0.29) is 0 Å². The van der Waals surface area contributed by atoms with Gasteiger partial charge < -0.3 is 14.2 Å². The third-order valence-electron chi connectivity index (χ3n) is 4.09. The van der Waals surface area contributed by atoms with Crippen molar-refractivity contribution in [3.63, 3.8) is 0 Å². The number of para-hydroxylation sites is 1. The molecule has 0 aliphatic rings. The zero-order valence-corrected chi connectivity index (χ0v) is 16.4. The van der Waals surface area contributed by atoms with Crippen molar-refractivity contribution in [2.45, 2.75) is 6.92 Å². The van der Waals surface area contributed by atoms with E-state index in [0.29, 0.717) is 35.1 Å². The molecule has 2 N–H and O–H groups in total. The number of aromatic nitrogens is 2. The van der Waals surface area contributed by atoms with Gasteiger partial charge in [0.25, 0.3) is 5.91 Å². The van der Waals surface area contributed by atoms with Crippen LogP contribution in [0.15, 0.2) is 53.6 Å². The Morgan fingerprint density at radius 1 is 1.17 bits per heavy atom. The SMILES string of the molecule is CCOc1ccc(-c2cc(C(=O)N/N=C/c3cccc(OC)c3OC)[nH]n2)cc1. The first-order chi connectivity index (χ1) is 14.2. The second kappa shape index (κ2) is 9.41. The highest BCUT2D eigenvalue weighted by atomic mass is 16.5. The molecule has 29 heavy (non-hydrogen) atoms. The second-order valence-electron chi connectivity index (χ2n) is 5.91. The Hall–Kier alpha value is -3.81. The van der Waals surface area contributed by atoms with Crippen molar-refractivity contribution in [2.75, 3.05) is 20.8 Å². The van der Waals surface area contributed by atoms with Crippen LogP contribution in [0.5, 0.6) is 17.2 Å². The number of benzene rings is 2. The molecule has 0 saturated carbocycles. The van der Waals surface area contributed by atoms with Gasteiger partial charge in [0.15, 0.2) is 11.5 Å². The molecular weight excluding hydrogens is 372 g/mol. The first kappa shape index (κ1) is 19.9. The minimum absolute atomic E-state index is 0.295. The largest absolute Gasteiger partial charge is 0.494 e. The molecule has 0 atom stereocenters. The van der Waals surface area contributed by atoms with Gasteiger partial charge in [-0.1, -0.05) is 6.07 Å². The predicted octanol–water partition coefficient (Wildman–Crippen LogP) is 3.26. The molecule has 8 nitrogen and oxygen atoms in total. The van der Waals surface area contributed by atoms with E-state index in [1.807, 2.05) is 37.3 Å². The fourth-order valence-corrected chi connectivity index (χ4v) is 2.71. The molecule has 1 heterocycles. The molecule has 0 bridgehead atoms. The molecule has 0 spiro atoms. The van der Waals surface area contributed by atoms with Crippen molar-refractivity contribution >= 4 is 12.1 Å². The molecule has 0 unspecified atom stereocenters. The highest BCUT2D eigenvalue weighted by Crippen LogP contribution is 2.29. The van der Waals surface area contributed by atoms with Crippen molar-refractivity contribution in [3.8, 4) is 28.5 Å². The number of nitrogens with one attached hydrogen (secondary N) is 2. The Morgan fingerprint density at radius 3 is 2.66 bits per heavy atom. The summed E-state index contributed by atoms with van der Waals surface area (Å²) in [5.41, 5.74) is 4.96. The molecule has 150 valence electrons. The van der Waals surface area contributed by atoms with Gasteiger partial charge in [0.05, 0.1) is 32.7 Å². The molecule has 2 aromatic carbocycles. The monoisotopic (exact) mass is 394 g/mol. The van der Waals surface area contributed by atoms with Gasteiger partial charge in [-0.15, -0.1) is 0 Å². The Bertz CT molecular complexity index is 996. The quantitative estimate of drug-likeness (QED) is 0.451. The van der Waals surface area contributed by atoms with Crippen LogP contribution in [-0.2, 0) is 0 Å². The van der Waals surface area contributed by atoms with Crippen molar-refractivity contribution in [3.05, 3.63) is 59.8 Å². The smallest absolute Gasteiger partial charge is 0.289 e. The van der Waals surface area contributed by atoms with E-state index in [4.69, 9.17) is 14.2 Å². The summed E-state index contributed by atoms with van der Waals surface area (Å²) in [6.45, 7) is 2.54. The van der Waals surface area contributed by atoms with Crippen LogP contribution < -0.4 is 19.6 Å². The standard InChI is InChI=1S/C21H22N4O4/c1-4-29-16-10-8-14(9-11-16)17-12-18(24-23-17)21(26)25-22-13-15-6-5-7-19(27-2)20(15)28-3/h5-13H,4H2,1-3H3,(H,23,24)(H,25,26)/b22-13+. The summed E-state index contributed by atoms with van der Waals surface area (Å²) in [5, 5.41) is 10.9. The van der Waals surface area contributed by atoms with Gasteiger partial charge in [-0.25, -0.2) is 5.43 Å². The maximum Gasteiger partial charge on any atom is 0.289 e. The van der Waals surface area contributed by atoms with E-state index in [1.165, 1.54) is 6.21 Å². The number of H-pyrrole nitrogens is 1. The number of carbonyl (C=O) groups excluding carboxylic acids is 1. The molecule has 1 amide bonds. The van der Waals surface area contributed by atoms with E-state index in [9.17, 15) is 4.79 Å². The van der Waals surface area contributed by atoms with Crippen LogP contribution in [0, 0.1) is 0 Å². The first-order valence-electron chi connectivity index (χ1n) is 8.99. The molecule has 0 radical (unpaired) electrons. The fraction of sp³-hybridized carbons (Fsp3) is 0.190. The second-order valence-corrected chi connectivity index (χ2v) is 5.91. The van der Waals surface area contributed by atoms with E-state index in [1.54, 1.807) is 32.4 Å². The van der Waals surface area contributed by atoms with Crippen LogP contribution in [-0.4, -0.2) is 43.1 Å².